The summed E-state index contributed by atoms with van der Waals surface area (Å²) in [6.45, 7) is 6.17. The van der Waals surface area contributed by atoms with Gasteiger partial charge in [0, 0.05) is 23.4 Å². The first kappa shape index (κ1) is 31.0. The molecule has 2 aromatic carbocycles. The van der Waals surface area contributed by atoms with Crippen molar-refractivity contribution in [1.29, 1.82) is 0 Å². The molecule has 1 fully saturated rings. The topological polar surface area (TPSA) is 105 Å². The third-order valence-corrected chi connectivity index (χ3v) is 7.70. The number of esters is 2. The molecule has 0 bridgehead atoms. The lowest BCUT2D eigenvalue weighted by Crippen LogP contribution is -2.24. The molecular formula is C34H46N2O4. The average Bonchev–Trinajstić information content (AvgIpc) is 2.95. The summed E-state index contributed by atoms with van der Waals surface area (Å²) in [6.07, 6.45) is 16.9. The van der Waals surface area contributed by atoms with Crippen molar-refractivity contribution in [2.45, 2.75) is 89.6 Å². The van der Waals surface area contributed by atoms with Gasteiger partial charge in [-0.3, -0.25) is 0 Å². The molecule has 0 spiro atoms. The Balaban J connectivity index is 1.44. The molecule has 0 amide bonds. The SMILES string of the molecule is C=CCCCCC1CCC(OC(=O)c2ccc(/C=C/C(=O)OCC(CCCC)c3cc(N)cc(N)c3)cc2)CC1. The van der Waals surface area contributed by atoms with Crippen molar-refractivity contribution >= 4 is 29.4 Å². The van der Waals surface area contributed by atoms with Crippen molar-refractivity contribution < 1.29 is 19.1 Å². The summed E-state index contributed by atoms with van der Waals surface area (Å²) in [5.74, 6) is 0.0734. The first-order chi connectivity index (χ1) is 19.4. The van der Waals surface area contributed by atoms with E-state index in [0.717, 1.165) is 68.4 Å². The number of nitrogens with two attached hydrogens (primary N) is 2. The van der Waals surface area contributed by atoms with Crippen LogP contribution in [0.5, 0.6) is 0 Å². The van der Waals surface area contributed by atoms with Crippen molar-refractivity contribution in [3.8, 4) is 0 Å². The molecule has 1 aliphatic rings. The highest BCUT2D eigenvalue weighted by molar-refractivity contribution is 5.90. The van der Waals surface area contributed by atoms with E-state index in [4.69, 9.17) is 20.9 Å². The number of ether oxygens (including phenoxy) is 2. The maximum atomic E-state index is 12.7. The number of benzene rings is 2. The molecule has 0 aliphatic heterocycles. The predicted octanol–water partition coefficient (Wildman–Crippen LogP) is 7.84. The molecule has 216 valence electrons. The van der Waals surface area contributed by atoms with Gasteiger partial charge in [0.05, 0.1) is 12.2 Å². The van der Waals surface area contributed by atoms with Gasteiger partial charge in [-0.2, -0.15) is 0 Å². The van der Waals surface area contributed by atoms with E-state index in [1.54, 1.807) is 36.4 Å². The second kappa shape index (κ2) is 16.5. The normalized spacial score (nSPS) is 17.8. The van der Waals surface area contributed by atoms with E-state index in [0.29, 0.717) is 16.9 Å². The Labute approximate surface area is 239 Å². The predicted molar refractivity (Wildman–Crippen MR) is 164 cm³/mol. The molecule has 0 radical (unpaired) electrons. The Morgan fingerprint density at radius 2 is 1.70 bits per heavy atom. The van der Waals surface area contributed by atoms with Crippen LogP contribution < -0.4 is 11.5 Å². The third kappa shape index (κ3) is 10.6. The van der Waals surface area contributed by atoms with Crippen LogP contribution in [0.3, 0.4) is 0 Å². The molecule has 1 saturated carbocycles. The lowest BCUT2D eigenvalue weighted by Gasteiger charge is -2.28. The van der Waals surface area contributed by atoms with Crippen LogP contribution in [0.2, 0.25) is 0 Å². The van der Waals surface area contributed by atoms with Crippen LogP contribution >= 0.6 is 0 Å². The second-order valence-electron chi connectivity index (χ2n) is 11.0. The summed E-state index contributed by atoms with van der Waals surface area (Å²) in [5.41, 5.74) is 15.4. The Kier molecular flexibility index (Phi) is 12.8. The van der Waals surface area contributed by atoms with Crippen LogP contribution in [0.25, 0.3) is 6.08 Å². The fourth-order valence-corrected chi connectivity index (χ4v) is 5.34. The highest BCUT2D eigenvalue weighted by Gasteiger charge is 2.24. The fourth-order valence-electron chi connectivity index (χ4n) is 5.34. The summed E-state index contributed by atoms with van der Waals surface area (Å²) >= 11 is 0. The molecule has 1 aliphatic carbocycles. The molecule has 0 saturated heterocycles. The van der Waals surface area contributed by atoms with E-state index in [1.807, 2.05) is 18.2 Å². The van der Waals surface area contributed by atoms with Crippen molar-refractivity contribution in [3.05, 3.63) is 77.9 Å². The summed E-state index contributed by atoms with van der Waals surface area (Å²) in [7, 11) is 0. The molecular weight excluding hydrogens is 500 g/mol. The highest BCUT2D eigenvalue weighted by atomic mass is 16.5. The monoisotopic (exact) mass is 546 g/mol. The van der Waals surface area contributed by atoms with Crippen LogP contribution in [0, 0.1) is 5.92 Å². The van der Waals surface area contributed by atoms with Gasteiger partial charge in [-0.15, -0.1) is 6.58 Å². The average molecular weight is 547 g/mol. The molecule has 0 aromatic heterocycles. The van der Waals surface area contributed by atoms with Gasteiger partial charge in [0.1, 0.15) is 6.10 Å². The summed E-state index contributed by atoms with van der Waals surface area (Å²) in [5, 5.41) is 0. The van der Waals surface area contributed by atoms with Gasteiger partial charge in [-0.05, 0) is 98.4 Å². The van der Waals surface area contributed by atoms with E-state index in [1.165, 1.54) is 25.3 Å². The number of rotatable bonds is 15. The quantitative estimate of drug-likeness (QED) is 0.0775. The first-order valence-electron chi connectivity index (χ1n) is 14.8. The molecule has 40 heavy (non-hydrogen) atoms. The molecule has 1 atom stereocenters. The minimum absolute atomic E-state index is 0.00353. The number of anilines is 2. The van der Waals surface area contributed by atoms with E-state index in [-0.39, 0.29) is 24.6 Å². The van der Waals surface area contributed by atoms with Gasteiger partial charge >= 0.3 is 11.9 Å². The number of carbonyl (C=O) groups is 2. The van der Waals surface area contributed by atoms with Crippen LogP contribution in [-0.2, 0) is 14.3 Å². The van der Waals surface area contributed by atoms with Crippen molar-refractivity contribution in [3.63, 3.8) is 0 Å². The smallest absolute Gasteiger partial charge is 0.338 e. The van der Waals surface area contributed by atoms with Gasteiger partial charge < -0.3 is 20.9 Å². The Bertz CT molecular complexity index is 1100. The van der Waals surface area contributed by atoms with Crippen molar-refractivity contribution in [2.75, 3.05) is 18.1 Å². The number of unbranched alkanes of at least 4 members (excludes halogenated alkanes) is 3. The fraction of sp³-hybridized carbons (Fsp3) is 0.471. The highest BCUT2D eigenvalue weighted by Crippen LogP contribution is 2.31. The Hall–Kier alpha value is -3.54. The molecule has 3 rings (SSSR count). The molecule has 6 heteroatoms. The van der Waals surface area contributed by atoms with Gasteiger partial charge in [-0.1, -0.05) is 50.8 Å². The number of hydrogen-bond donors (Lipinski definition) is 2. The molecule has 4 N–H and O–H groups in total. The number of hydrogen-bond acceptors (Lipinski definition) is 6. The van der Waals surface area contributed by atoms with Gasteiger partial charge in [0.2, 0.25) is 0 Å². The van der Waals surface area contributed by atoms with Gasteiger partial charge in [0.15, 0.2) is 0 Å². The summed E-state index contributed by atoms with van der Waals surface area (Å²) in [4.78, 5) is 25.1. The Morgan fingerprint density at radius 1 is 1.00 bits per heavy atom. The minimum Gasteiger partial charge on any atom is -0.462 e. The van der Waals surface area contributed by atoms with Gasteiger partial charge in [-0.25, -0.2) is 9.59 Å². The molecule has 2 aromatic rings. The zero-order valence-corrected chi connectivity index (χ0v) is 24.0. The number of carbonyl (C=O) groups excluding carboxylic acids is 2. The lowest BCUT2D eigenvalue weighted by molar-refractivity contribution is -0.138. The van der Waals surface area contributed by atoms with Crippen LogP contribution in [0.1, 0.15) is 105 Å². The molecule has 6 nitrogen and oxygen atoms in total. The zero-order chi connectivity index (χ0) is 28.7. The first-order valence-corrected chi connectivity index (χ1v) is 14.8. The van der Waals surface area contributed by atoms with Crippen LogP contribution in [0.4, 0.5) is 11.4 Å². The third-order valence-electron chi connectivity index (χ3n) is 7.70. The largest absolute Gasteiger partial charge is 0.462 e. The second-order valence-corrected chi connectivity index (χ2v) is 11.0. The number of allylic oxidation sites excluding steroid dienone is 1. The van der Waals surface area contributed by atoms with Crippen molar-refractivity contribution in [2.24, 2.45) is 5.92 Å². The number of nitrogen functional groups attached to an aromatic ring is 2. The van der Waals surface area contributed by atoms with Crippen molar-refractivity contribution in [1.82, 2.24) is 0 Å². The van der Waals surface area contributed by atoms with Crippen LogP contribution in [-0.4, -0.2) is 24.6 Å². The van der Waals surface area contributed by atoms with E-state index >= 15 is 0 Å². The van der Waals surface area contributed by atoms with E-state index in [2.05, 4.69) is 13.5 Å². The zero-order valence-electron chi connectivity index (χ0n) is 24.0. The lowest BCUT2D eigenvalue weighted by atomic mass is 9.84. The maximum absolute atomic E-state index is 12.7. The minimum atomic E-state index is -0.418. The summed E-state index contributed by atoms with van der Waals surface area (Å²) in [6, 6.07) is 12.6. The maximum Gasteiger partial charge on any atom is 0.338 e. The van der Waals surface area contributed by atoms with Gasteiger partial charge in [0.25, 0.3) is 0 Å². The molecule has 1 unspecified atom stereocenters. The summed E-state index contributed by atoms with van der Waals surface area (Å²) < 4.78 is 11.3. The van der Waals surface area contributed by atoms with E-state index in [9.17, 15) is 9.59 Å². The van der Waals surface area contributed by atoms with E-state index < -0.39 is 5.97 Å². The molecule has 0 heterocycles. The Morgan fingerprint density at radius 3 is 2.35 bits per heavy atom. The standard InChI is InChI=1S/C34H46N2O4/c1-3-5-7-8-9-25-13-18-32(19-14-25)40-34(38)27-16-11-26(12-17-27)15-20-33(37)39-24-28(10-6-4-2)29-21-30(35)23-31(36)22-29/h3,11-12,15-17,20-23,25,28,32H,1,4-10,13-14,18-19,24,35-36H2,2H3/b20-15+. The van der Waals surface area contributed by atoms with Crippen LogP contribution in [0.15, 0.2) is 61.2 Å².